The van der Waals surface area contributed by atoms with Crippen LogP contribution in [0.5, 0.6) is 0 Å². The highest BCUT2D eigenvalue weighted by Gasteiger charge is 2.27. The van der Waals surface area contributed by atoms with Gasteiger partial charge in [-0.3, -0.25) is 4.99 Å². The Morgan fingerprint density at radius 3 is 2.38 bits per heavy atom. The molecule has 1 heterocycles. The Morgan fingerprint density at radius 1 is 1.16 bits per heavy atom. The zero-order valence-electron chi connectivity index (χ0n) is 20.8. The number of hydrogen-bond acceptors (Lipinski definition) is 3. The second-order valence-corrected chi connectivity index (χ2v) is 8.76. The molecule has 1 fully saturated rings. The van der Waals surface area contributed by atoms with Crippen molar-refractivity contribution in [3.63, 3.8) is 0 Å². The first-order valence-corrected chi connectivity index (χ1v) is 12.0. The molecule has 3 nitrogen and oxygen atoms in total. The second kappa shape index (κ2) is 13.4. The van der Waals surface area contributed by atoms with Crippen molar-refractivity contribution in [3.8, 4) is 0 Å². The molecule has 1 atom stereocenters. The molecule has 0 saturated carbocycles. The standard InChI is InChI=1S/C28H41FN2O/c1-7-26(14-13-21(2)29)24(5)32-28(22(3)23(4)30-6)27-16-19-31(20-17-27)18-15-25-11-9-8-10-12-25/h8-14,24,27H,7,15-20H2,1-6H3/b21-13+,26-14+,28-22+,30-23?. The van der Waals surface area contributed by atoms with E-state index in [4.69, 9.17) is 4.74 Å². The molecule has 4 heteroatoms. The number of ether oxygens (including phenoxy) is 1. The Hall–Kier alpha value is -2.20. The molecule has 0 bridgehead atoms. The van der Waals surface area contributed by atoms with Crippen molar-refractivity contribution in [2.24, 2.45) is 10.9 Å². The maximum atomic E-state index is 13.2. The highest BCUT2D eigenvalue weighted by molar-refractivity contribution is 5.98. The van der Waals surface area contributed by atoms with Crippen LogP contribution in [0.3, 0.4) is 0 Å². The fourth-order valence-corrected chi connectivity index (χ4v) is 4.22. The smallest absolute Gasteiger partial charge is 0.117 e. The largest absolute Gasteiger partial charge is 0.490 e. The van der Waals surface area contributed by atoms with E-state index in [9.17, 15) is 4.39 Å². The van der Waals surface area contributed by atoms with Gasteiger partial charge < -0.3 is 9.64 Å². The van der Waals surface area contributed by atoms with E-state index < -0.39 is 0 Å². The van der Waals surface area contributed by atoms with E-state index in [1.165, 1.54) is 18.6 Å². The van der Waals surface area contributed by atoms with E-state index in [1.54, 1.807) is 0 Å². The molecule has 0 spiro atoms. The molecule has 2 rings (SSSR count). The molecule has 0 radical (unpaired) electrons. The van der Waals surface area contributed by atoms with Gasteiger partial charge in [-0.2, -0.15) is 0 Å². The van der Waals surface area contributed by atoms with Crippen molar-refractivity contribution in [2.75, 3.05) is 26.7 Å². The summed E-state index contributed by atoms with van der Waals surface area (Å²) < 4.78 is 19.8. The number of rotatable bonds is 10. The molecule has 0 N–H and O–H groups in total. The summed E-state index contributed by atoms with van der Waals surface area (Å²) in [6.07, 6.45) is 7.38. The van der Waals surface area contributed by atoms with Gasteiger partial charge in [-0.15, -0.1) is 0 Å². The molecule has 32 heavy (non-hydrogen) atoms. The SMILES string of the molecule is CC/C(=C\C=C(/C)F)C(C)O/C(=C(\C)C(C)=NC)C1CCN(CCc2ccccc2)CC1. The van der Waals surface area contributed by atoms with E-state index in [0.717, 1.165) is 67.9 Å². The molecule has 0 amide bonds. The molecule has 1 aliphatic heterocycles. The minimum atomic E-state index is -0.188. The zero-order chi connectivity index (χ0) is 23.5. The van der Waals surface area contributed by atoms with Crippen LogP contribution in [0.1, 0.15) is 59.4 Å². The third kappa shape index (κ3) is 8.05. The van der Waals surface area contributed by atoms with Gasteiger partial charge in [0.1, 0.15) is 11.9 Å². The molecular weight excluding hydrogens is 399 g/mol. The van der Waals surface area contributed by atoms with Crippen LogP contribution in [0.25, 0.3) is 0 Å². The first-order chi connectivity index (χ1) is 15.3. The van der Waals surface area contributed by atoms with Gasteiger partial charge in [0.2, 0.25) is 0 Å². The van der Waals surface area contributed by atoms with Crippen molar-refractivity contribution >= 4 is 5.71 Å². The van der Waals surface area contributed by atoms with Crippen molar-refractivity contribution in [1.82, 2.24) is 4.90 Å². The molecule has 1 aromatic rings. The molecule has 0 aromatic heterocycles. The number of nitrogens with zero attached hydrogens (tertiary/aromatic N) is 2. The normalized spacial score (nSPS) is 19.0. The van der Waals surface area contributed by atoms with E-state index in [-0.39, 0.29) is 11.9 Å². The van der Waals surface area contributed by atoms with Gasteiger partial charge in [0.25, 0.3) is 0 Å². The van der Waals surface area contributed by atoms with Crippen molar-refractivity contribution in [3.05, 3.63) is 70.8 Å². The molecular formula is C28H41FN2O. The third-order valence-corrected chi connectivity index (χ3v) is 6.53. The van der Waals surface area contributed by atoms with E-state index in [0.29, 0.717) is 5.92 Å². The summed E-state index contributed by atoms with van der Waals surface area (Å²) in [5, 5.41) is 0. The summed E-state index contributed by atoms with van der Waals surface area (Å²) in [5.41, 5.74) is 4.64. The van der Waals surface area contributed by atoms with Crippen molar-refractivity contribution in [1.29, 1.82) is 0 Å². The summed E-state index contributed by atoms with van der Waals surface area (Å²) >= 11 is 0. The van der Waals surface area contributed by atoms with Crippen LogP contribution >= 0.6 is 0 Å². The van der Waals surface area contributed by atoms with E-state index in [2.05, 4.69) is 61.0 Å². The third-order valence-electron chi connectivity index (χ3n) is 6.53. The number of likely N-dealkylation sites (tertiary alicyclic amines) is 1. The lowest BCUT2D eigenvalue weighted by molar-refractivity contribution is 0.0983. The molecule has 0 aliphatic carbocycles. The lowest BCUT2D eigenvalue weighted by Crippen LogP contribution is -2.36. The number of halogens is 1. The van der Waals surface area contributed by atoms with Gasteiger partial charge in [-0.25, -0.2) is 4.39 Å². The van der Waals surface area contributed by atoms with Crippen LogP contribution in [0.2, 0.25) is 0 Å². The Morgan fingerprint density at radius 2 is 1.81 bits per heavy atom. The van der Waals surface area contributed by atoms with Gasteiger partial charge >= 0.3 is 0 Å². The molecule has 1 aromatic carbocycles. The predicted molar refractivity (Wildman–Crippen MR) is 135 cm³/mol. The topological polar surface area (TPSA) is 24.8 Å². The minimum Gasteiger partial charge on any atom is -0.490 e. The highest BCUT2D eigenvalue weighted by atomic mass is 19.1. The lowest BCUT2D eigenvalue weighted by atomic mass is 9.91. The average molecular weight is 441 g/mol. The van der Waals surface area contributed by atoms with Crippen LogP contribution in [0, 0.1) is 5.92 Å². The first kappa shape index (κ1) is 26.1. The lowest BCUT2D eigenvalue weighted by Gasteiger charge is -2.35. The van der Waals surface area contributed by atoms with Crippen LogP contribution in [-0.4, -0.2) is 43.4 Å². The Bertz CT molecular complexity index is 826. The van der Waals surface area contributed by atoms with Gasteiger partial charge in [0, 0.05) is 30.8 Å². The molecule has 1 aliphatic rings. The van der Waals surface area contributed by atoms with Crippen LogP contribution in [0.15, 0.2) is 70.2 Å². The Kier molecular flexibility index (Phi) is 10.9. The van der Waals surface area contributed by atoms with Crippen LogP contribution < -0.4 is 0 Å². The molecule has 176 valence electrons. The van der Waals surface area contributed by atoms with Gasteiger partial charge in [-0.1, -0.05) is 43.3 Å². The maximum Gasteiger partial charge on any atom is 0.117 e. The van der Waals surface area contributed by atoms with Crippen molar-refractivity contribution in [2.45, 2.75) is 66.4 Å². The fraction of sp³-hybridized carbons (Fsp3) is 0.536. The van der Waals surface area contributed by atoms with Crippen LogP contribution in [0.4, 0.5) is 4.39 Å². The zero-order valence-corrected chi connectivity index (χ0v) is 20.8. The highest BCUT2D eigenvalue weighted by Crippen LogP contribution is 2.31. The summed E-state index contributed by atoms with van der Waals surface area (Å²) in [6, 6.07) is 10.7. The first-order valence-electron chi connectivity index (χ1n) is 12.0. The molecule has 1 saturated heterocycles. The Balaban J connectivity index is 2.08. The average Bonchev–Trinajstić information content (AvgIpc) is 2.81. The summed E-state index contributed by atoms with van der Waals surface area (Å²) in [7, 11) is 1.83. The second-order valence-electron chi connectivity index (χ2n) is 8.76. The molecule has 1 unspecified atom stereocenters. The number of hydrogen-bond donors (Lipinski definition) is 0. The summed E-state index contributed by atoms with van der Waals surface area (Å²) in [5.74, 6) is 1.26. The van der Waals surface area contributed by atoms with Gasteiger partial charge in [0.15, 0.2) is 0 Å². The fourth-order valence-electron chi connectivity index (χ4n) is 4.22. The van der Waals surface area contributed by atoms with E-state index in [1.807, 2.05) is 20.0 Å². The minimum absolute atomic E-state index is 0.0960. The van der Waals surface area contributed by atoms with Gasteiger partial charge in [-0.05, 0) is 83.7 Å². The van der Waals surface area contributed by atoms with Gasteiger partial charge in [0.05, 0.1) is 5.83 Å². The number of benzene rings is 1. The maximum absolute atomic E-state index is 13.2. The monoisotopic (exact) mass is 440 g/mol. The predicted octanol–water partition coefficient (Wildman–Crippen LogP) is 6.92. The van der Waals surface area contributed by atoms with Crippen LogP contribution in [-0.2, 0) is 11.2 Å². The number of allylic oxidation sites excluding steroid dienone is 5. The van der Waals surface area contributed by atoms with Crippen molar-refractivity contribution < 1.29 is 9.13 Å². The number of piperidine rings is 1. The summed E-state index contributed by atoms with van der Waals surface area (Å²) in [4.78, 5) is 6.97. The van der Waals surface area contributed by atoms with E-state index >= 15 is 0 Å². The Labute approximate surface area is 194 Å². The number of aliphatic imine (C=N–C) groups is 1. The summed E-state index contributed by atoms with van der Waals surface area (Å²) in [6.45, 7) is 13.0. The quantitative estimate of drug-likeness (QED) is 0.224.